The Labute approximate surface area is 179 Å². The monoisotopic (exact) mass is 432 g/mol. The number of rotatable bonds is 10. The number of benzene rings is 1. The van der Waals surface area contributed by atoms with Gasteiger partial charge in [-0.1, -0.05) is 18.2 Å². The first-order chi connectivity index (χ1) is 15.1. The van der Waals surface area contributed by atoms with Crippen LogP contribution in [0.3, 0.4) is 0 Å². The van der Waals surface area contributed by atoms with Crippen molar-refractivity contribution >= 4 is 11.6 Å². The average molecular weight is 432 g/mol. The summed E-state index contributed by atoms with van der Waals surface area (Å²) in [6.07, 6.45) is 2.66. The van der Waals surface area contributed by atoms with E-state index in [-0.39, 0.29) is 12.3 Å². The van der Waals surface area contributed by atoms with Crippen molar-refractivity contribution in [2.24, 2.45) is 4.99 Å². The van der Waals surface area contributed by atoms with Crippen molar-refractivity contribution in [1.82, 2.24) is 25.2 Å². The third-order valence-electron chi connectivity index (χ3n) is 4.51. The second kappa shape index (κ2) is 11.2. The molecule has 0 radical (unpaired) electrons. The van der Waals surface area contributed by atoms with Gasteiger partial charge in [-0.3, -0.25) is 9.39 Å². The van der Waals surface area contributed by atoms with Crippen LogP contribution in [0.15, 0.2) is 53.7 Å². The van der Waals surface area contributed by atoms with E-state index in [0.717, 1.165) is 24.3 Å². The summed E-state index contributed by atoms with van der Waals surface area (Å²) in [5, 5.41) is 25.1. The van der Waals surface area contributed by atoms with E-state index in [9.17, 15) is 13.9 Å². The van der Waals surface area contributed by atoms with Gasteiger partial charge in [-0.25, -0.2) is 0 Å². The highest BCUT2D eigenvalue weighted by atomic mass is 19.3. The van der Waals surface area contributed by atoms with E-state index in [1.807, 2.05) is 35.7 Å². The van der Waals surface area contributed by atoms with Crippen LogP contribution in [0.5, 0.6) is 5.75 Å². The molecule has 2 aromatic heterocycles. The van der Waals surface area contributed by atoms with Crippen molar-refractivity contribution in [2.45, 2.75) is 32.5 Å². The number of alkyl halides is 2. The molecule has 1 unspecified atom stereocenters. The van der Waals surface area contributed by atoms with Crippen LogP contribution < -0.4 is 15.4 Å². The number of guanidine groups is 1. The molecule has 2 heterocycles. The maximum absolute atomic E-state index is 12.2. The SMILES string of the molecule is CCNC(=NCC(O)c1ccc(OC(F)F)cc1)NCCCc1nnc2ccccn12. The molecule has 0 aliphatic rings. The number of aliphatic hydroxyl groups is 1. The number of aliphatic imine (C=N–C) groups is 1. The van der Waals surface area contributed by atoms with E-state index in [4.69, 9.17) is 0 Å². The third-order valence-corrected chi connectivity index (χ3v) is 4.51. The van der Waals surface area contributed by atoms with Gasteiger partial charge in [-0.05, 0) is 43.2 Å². The lowest BCUT2D eigenvalue weighted by molar-refractivity contribution is -0.0498. The average Bonchev–Trinajstić information content (AvgIpc) is 3.18. The maximum atomic E-state index is 12.2. The lowest BCUT2D eigenvalue weighted by atomic mass is 10.1. The van der Waals surface area contributed by atoms with E-state index in [0.29, 0.717) is 24.6 Å². The predicted octanol–water partition coefficient (Wildman–Crippen LogP) is 2.55. The lowest BCUT2D eigenvalue weighted by Gasteiger charge is -2.13. The highest BCUT2D eigenvalue weighted by Crippen LogP contribution is 2.19. The van der Waals surface area contributed by atoms with Crippen LogP contribution >= 0.6 is 0 Å². The van der Waals surface area contributed by atoms with Crippen LogP contribution in [0.25, 0.3) is 5.65 Å². The summed E-state index contributed by atoms with van der Waals surface area (Å²) in [6.45, 7) is 0.550. The molecule has 8 nitrogen and oxygen atoms in total. The molecule has 166 valence electrons. The zero-order valence-corrected chi connectivity index (χ0v) is 17.2. The predicted molar refractivity (Wildman–Crippen MR) is 113 cm³/mol. The number of nitrogens with one attached hydrogen (secondary N) is 2. The Morgan fingerprint density at radius 1 is 1.16 bits per heavy atom. The Balaban J connectivity index is 1.48. The van der Waals surface area contributed by atoms with Gasteiger partial charge in [0.1, 0.15) is 11.6 Å². The number of aryl methyl sites for hydroxylation is 1. The first-order valence-corrected chi connectivity index (χ1v) is 10.1. The standard InChI is InChI=1S/C21H26F2N6O2/c1-2-24-21(25-12-5-7-19-28-27-18-6-3-4-13-29(18)19)26-14-17(30)15-8-10-16(11-9-15)31-20(22)23/h3-4,6,8-11,13,17,20,30H,2,5,7,12,14H2,1H3,(H2,24,25,26). The molecule has 0 aliphatic heterocycles. The van der Waals surface area contributed by atoms with Gasteiger partial charge < -0.3 is 20.5 Å². The molecule has 3 N–H and O–H groups in total. The van der Waals surface area contributed by atoms with Gasteiger partial charge in [0.2, 0.25) is 0 Å². The van der Waals surface area contributed by atoms with E-state index >= 15 is 0 Å². The number of hydrogen-bond acceptors (Lipinski definition) is 5. The van der Waals surface area contributed by atoms with Crippen LogP contribution in [0.4, 0.5) is 8.78 Å². The fourth-order valence-electron chi connectivity index (χ4n) is 3.01. The first-order valence-electron chi connectivity index (χ1n) is 10.1. The molecule has 10 heteroatoms. The molecule has 0 spiro atoms. The second-order valence-electron chi connectivity index (χ2n) is 6.76. The summed E-state index contributed by atoms with van der Waals surface area (Å²) in [6, 6.07) is 11.7. The minimum absolute atomic E-state index is 0.0462. The van der Waals surface area contributed by atoms with Crippen molar-refractivity contribution in [3.8, 4) is 5.75 Å². The van der Waals surface area contributed by atoms with Gasteiger partial charge in [0.05, 0.1) is 12.6 Å². The molecule has 0 saturated heterocycles. The molecule has 0 bridgehead atoms. The molecule has 0 aliphatic carbocycles. The fourth-order valence-corrected chi connectivity index (χ4v) is 3.01. The van der Waals surface area contributed by atoms with Crippen LogP contribution in [0, 0.1) is 0 Å². The van der Waals surface area contributed by atoms with E-state index in [1.54, 1.807) is 12.1 Å². The Hall–Kier alpha value is -3.27. The molecule has 0 fully saturated rings. The third kappa shape index (κ3) is 6.61. The molecule has 0 amide bonds. The Morgan fingerprint density at radius 3 is 2.71 bits per heavy atom. The van der Waals surface area contributed by atoms with Crippen molar-refractivity contribution in [1.29, 1.82) is 0 Å². The van der Waals surface area contributed by atoms with Gasteiger partial charge in [0.25, 0.3) is 0 Å². The van der Waals surface area contributed by atoms with Crippen molar-refractivity contribution in [3.63, 3.8) is 0 Å². The normalized spacial score (nSPS) is 12.9. The molecule has 3 rings (SSSR count). The molecular weight excluding hydrogens is 406 g/mol. The zero-order valence-electron chi connectivity index (χ0n) is 17.2. The summed E-state index contributed by atoms with van der Waals surface area (Å²) >= 11 is 0. The summed E-state index contributed by atoms with van der Waals surface area (Å²) in [5.41, 5.74) is 1.39. The van der Waals surface area contributed by atoms with Crippen LogP contribution in [-0.2, 0) is 6.42 Å². The number of halogens is 2. The molecule has 1 aromatic carbocycles. The van der Waals surface area contributed by atoms with Crippen LogP contribution in [-0.4, -0.2) is 51.9 Å². The van der Waals surface area contributed by atoms with Gasteiger partial charge in [-0.15, -0.1) is 10.2 Å². The quantitative estimate of drug-likeness (QED) is 0.259. The Bertz CT molecular complexity index is 977. The van der Waals surface area contributed by atoms with Crippen molar-refractivity contribution in [3.05, 3.63) is 60.0 Å². The number of aliphatic hydroxyl groups excluding tert-OH is 1. The summed E-state index contributed by atoms with van der Waals surface area (Å²) in [4.78, 5) is 4.41. The summed E-state index contributed by atoms with van der Waals surface area (Å²) in [5.74, 6) is 1.53. The highest BCUT2D eigenvalue weighted by molar-refractivity contribution is 5.79. The smallest absolute Gasteiger partial charge is 0.387 e. The van der Waals surface area contributed by atoms with Gasteiger partial charge in [0.15, 0.2) is 11.6 Å². The second-order valence-corrected chi connectivity index (χ2v) is 6.76. The number of ether oxygens (including phenoxy) is 1. The van der Waals surface area contributed by atoms with Crippen molar-refractivity contribution in [2.75, 3.05) is 19.6 Å². The molecule has 0 saturated carbocycles. The van der Waals surface area contributed by atoms with Crippen LogP contribution in [0.2, 0.25) is 0 Å². The maximum Gasteiger partial charge on any atom is 0.387 e. The number of pyridine rings is 1. The Kier molecular flexibility index (Phi) is 8.11. The number of nitrogens with zero attached hydrogens (tertiary/aromatic N) is 4. The first kappa shape index (κ1) is 22.4. The number of aromatic nitrogens is 3. The lowest BCUT2D eigenvalue weighted by Crippen LogP contribution is -2.38. The minimum atomic E-state index is -2.88. The van der Waals surface area contributed by atoms with Crippen LogP contribution in [0.1, 0.15) is 30.8 Å². The largest absolute Gasteiger partial charge is 0.435 e. The van der Waals surface area contributed by atoms with Crippen molar-refractivity contribution < 1.29 is 18.6 Å². The number of fused-ring (bicyclic) bond motifs is 1. The molecular formula is C21H26F2N6O2. The van der Waals surface area contributed by atoms with E-state index in [1.165, 1.54) is 12.1 Å². The summed E-state index contributed by atoms with van der Waals surface area (Å²) < 4.78 is 30.7. The van der Waals surface area contributed by atoms with E-state index < -0.39 is 12.7 Å². The minimum Gasteiger partial charge on any atom is -0.435 e. The van der Waals surface area contributed by atoms with Gasteiger partial charge in [-0.2, -0.15) is 8.78 Å². The molecule has 31 heavy (non-hydrogen) atoms. The number of hydrogen-bond donors (Lipinski definition) is 3. The fraction of sp³-hybridized carbons (Fsp3) is 0.381. The van der Waals surface area contributed by atoms with Gasteiger partial charge >= 0.3 is 6.61 Å². The van der Waals surface area contributed by atoms with E-state index in [2.05, 4.69) is 30.6 Å². The topological polar surface area (TPSA) is 96.1 Å². The molecule has 3 aromatic rings. The summed E-state index contributed by atoms with van der Waals surface area (Å²) in [7, 11) is 0. The Morgan fingerprint density at radius 2 is 1.97 bits per heavy atom. The zero-order chi connectivity index (χ0) is 22.1. The molecule has 1 atom stereocenters. The van der Waals surface area contributed by atoms with Gasteiger partial charge in [0, 0.05) is 25.7 Å². The highest BCUT2D eigenvalue weighted by Gasteiger charge is 2.10.